The van der Waals surface area contributed by atoms with E-state index in [4.69, 9.17) is 15.6 Å². The van der Waals surface area contributed by atoms with Crippen LogP contribution in [0.4, 0.5) is 0 Å². The summed E-state index contributed by atoms with van der Waals surface area (Å²) in [6.45, 7) is 18.8. The molecule has 0 aromatic carbocycles. The van der Waals surface area contributed by atoms with Gasteiger partial charge in [0.2, 0.25) is 0 Å². The number of methoxy groups -OCH3 is 1. The Kier molecular flexibility index (Phi) is 93.3. The molecule has 0 rings (SSSR count). The van der Waals surface area contributed by atoms with Crippen LogP contribution in [0.5, 0.6) is 0 Å². The maximum Gasteiger partial charge on any atom is 1.00 e. The summed E-state index contributed by atoms with van der Waals surface area (Å²) >= 11 is 6.70. The average molecular weight is 1220 g/mol. The van der Waals surface area contributed by atoms with Crippen molar-refractivity contribution in [2.24, 2.45) is 0 Å². The molecule has 23 heteroatoms. The molecule has 0 amide bonds. The van der Waals surface area contributed by atoms with Crippen molar-refractivity contribution in [2.45, 2.75) is 53.1 Å². The fourth-order valence-electron chi connectivity index (χ4n) is 3.67. The zero-order valence-corrected chi connectivity index (χ0v) is 50.5. The van der Waals surface area contributed by atoms with Crippen molar-refractivity contribution < 1.29 is 161 Å². The Hall–Kier alpha value is 4.30. The largest absolute Gasteiger partial charge is 1.00 e. The number of likely N-dealkylation sites (N-methyl/N-ethyl adjacent to an activating group) is 1. The van der Waals surface area contributed by atoms with E-state index in [1.54, 1.807) is 24.0 Å². The number of alkyl halides is 3. The fraction of sp³-hybridized carbons (Fsp3) is 0.903. The van der Waals surface area contributed by atoms with Crippen LogP contribution in [0, 0.1) is 0 Å². The number of carbonyl (C=O) groups excluding carboxylic acids is 3. The molecule has 1 radical (unpaired) electrons. The summed E-state index contributed by atoms with van der Waals surface area (Å²) in [4.78, 5) is 40.4. The minimum atomic E-state index is -1.11. The number of aliphatic hydroxyl groups excluding tert-OH is 1. The Morgan fingerprint density at radius 3 is 1.46 bits per heavy atom. The van der Waals surface area contributed by atoms with E-state index in [1.807, 2.05) is 4.93 Å². The van der Waals surface area contributed by atoms with Crippen LogP contribution < -0.4 is 120 Å². The fourth-order valence-corrected chi connectivity index (χ4v) is 3.67. The number of halogens is 3. The molecule has 0 unspecified atom stereocenters. The normalized spacial score (nSPS) is 9.83. The van der Waals surface area contributed by atoms with Crippen molar-refractivity contribution in [1.29, 1.82) is 0 Å². The summed E-state index contributed by atoms with van der Waals surface area (Å²) in [6.07, 6.45) is 0.111. The van der Waals surface area contributed by atoms with Gasteiger partial charge in [-0.05, 0) is 52.6 Å². The number of nitrogens with one attached hydrogen (secondary N) is 4. The van der Waals surface area contributed by atoms with E-state index in [1.165, 1.54) is 9.36 Å². The Bertz CT molecular complexity index is 763. The van der Waals surface area contributed by atoms with E-state index in [0.717, 1.165) is 45.8 Å². The summed E-state index contributed by atoms with van der Waals surface area (Å²) in [5, 5.41) is 48.7. The van der Waals surface area contributed by atoms with Gasteiger partial charge >= 0.3 is 88.7 Å². The van der Waals surface area contributed by atoms with Gasteiger partial charge in [0, 0.05) is 137 Å². The van der Waals surface area contributed by atoms with Crippen LogP contribution in [-0.2, 0) is 51.8 Å². The van der Waals surface area contributed by atoms with Gasteiger partial charge in [-0.15, -0.1) is 6.54 Å². The van der Waals surface area contributed by atoms with Gasteiger partial charge in [0.1, 0.15) is 0 Å². The number of hydrogen-bond acceptors (Lipinski definition) is 15. The molecule has 307 valence electrons. The third-order valence-corrected chi connectivity index (χ3v) is 6.24. The van der Waals surface area contributed by atoms with Crippen molar-refractivity contribution in [3.8, 4) is 0 Å². The number of aliphatic hydroxyl groups is 1. The quantitative estimate of drug-likeness (QED) is 0.0197. The molecule has 16 nitrogen and oxygen atoms in total. The first-order valence-corrected chi connectivity index (χ1v) is 21.7. The first-order chi connectivity index (χ1) is 23.7. The van der Waals surface area contributed by atoms with Gasteiger partial charge in [-0.25, -0.2) is 0 Å². The van der Waals surface area contributed by atoms with Crippen LogP contribution in [0.3, 0.4) is 0 Å². The predicted molar refractivity (Wildman–Crippen MR) is 223 cm³/mol. The van der Waals surface area contributed by atoms with Crippen molar-refractivity contribution in [1.82, 2.24) is 35.6 Å². The molecule has 0 saturated heterocycles. The van der Waals surface area contributed by atoms with Crippen LogP contribution in [0.25, 0.3) is 5.73 Å². The Labute approximate surface area is 460 Å². The van der Waals surface area contributed by atoms with E-state index in [-0.39, 0.29) is 147 Å². The van der Waals surface area contributed by atoms with Gasteiger partial charge in [0.15, 0.2) is 0 Å². The topological polar surface area (TPSA) is 223 Å². The van der Waals surface area contributed by atoms with Crippen LogP contribution in [0.1, 0.15) is 41.0 Å². The molecular weight excluding hydrogens is 1150 g/mol. The Morgan fingerprint density at radius 1 is 0.741 bits per heavy atom. The number of rotatable bonds is 27. The minimum Gasteiger partial charge on any atom is -0.676 e. The molecule has 54 heavy (non-hydrogen) atoms. The minimum absolute atomic E-state index is 0. The van der Waals surface area contributed by atoms with Crippen molar-refractivity contribution in [3.05, 3.63) is 5.73 Å². The molecular formula is C31H67I3N8Na3O8Y-. The summed E-state index contributed by atoms with van der Waals surface area (Å²) in [7, 11) is 3.30. The number of carbonyl (C=O) groups is 3. The molecule has 0 saturated carbocycles. The molecule has 0 bridgehead atoms. The van der Waals surface area contributed by atoms with Gasteiger partial charge in [0.25, 0.3) is 0 Å². The second kappa shape index (κ2) is 63.9. The zero-order valence-electron chi connectivity index (χ0n) is 35.2. The summed E-state index contributed by atoms with van der Waals surface area (Å²) in [5.41, 5.74) is 7.14. The molecule has 0 aliphatic rings. The maximum atomic E-state index is 10.8. The number of aliphatic carboxylic acids is 3. The summed E-state index contributed by atoms with van der Waals surface area (Å²) in [6, 6.07) is 0.864. The van der Waals surface area contributed by atoms with Gasteiger partial charge in [0.05, 0.1) is 27.6 Å². The Balaban J connectivity index is -0.0000000897. The first-order valence-electron chi connectivity index (χ1n) is 16.5. The molecule has 0 aromatic heterocycles. The molecule has 0 heterocycles. The van der Waals surface area contributed by atoms with E-state index in [0.29, 0.717) is 51.7 Å². The zero-order chi connectivity index (χ0) is 39.8. The number of ether oxygens (including phenoxy) is 1. The van der Waals surface area contributed by atoms with E-state index in [2.05, 4.69) is 121 Å². The van der Waals surface area contributed by atoms with E-state index in [9.17, 15) is 29.7 Å². The Morgan fingerprint density at radius 2 is 1.13 bits per heavy atom. The number of nitrogens with zero attached hydrogens (tertiary/aromatic N) is 4. The second-order valence-electron chi connectivity index (χ2n) is 10.9. The number of carboxylic acids is 3. The van der Waals surface area contributed by atoms with E-state index >= 15 is 0 Å². The molecule has 0 spiro atoms. The molecule has 0 aliphatic heterocycles. The maximum absolute atomic E-state index is 10.8. The molecule has 0 aliphatic carbocycles. The van der Waals surface area contributed by atoms with Gasteiger partial charge in [-0.2, -0.15) is 0 Å². The third kappa shape index (κ3) is 70.8. The third-order valence-electron chi connectivity index (χ3n) is 6.24. The van der Waals surface area contributed by atoms with Crippen molar-refractivity contribution >= 4 is 85.7 Å². The van der Waals surface area contributed by atoms with Crippen molar-refractivity contribution in [2.75, 3.05) is 127 Å². The second-order valence-corrected chi connectivity index (χ2v) is 15.4. The monoisotopic (exact) mass is 1220 g/mol. The number of hydrogen-bond donors (Lipinski definition) is 4. The van der Waals surface area contributed by atoms with Gasteiger partial charge < -0.3 is 66.1 Å². The van der Waals surface area contributed by atoms with Gasteiger partial charge in [-0.3, -0.25) is 14.7 Å². The summed E-state index contributed by atoms with van der Waals surface area (Å²) < 4.78 is 6.18. The van der Waals surface area contributed by atoms with Crippen molar-refractivity contribution in [3.63, 3.8) is 0 Å². The summed E-state index contributed by atoms with van der Waals surface area (Å²) in [5.74, 6) is -3.19. The molecule has 0 aromatic rings. The SMILES string of the molecule is CC(C)N(CC[NH-])CCNCCO.CCC(=O)[O-].CI.COCCN(CNCCN(CCNCN(C)CC(=O)[O-])C(C)C)CC(=O)[O-].ICI.[Na+].[Na+].[Na+].[Y]. The van der Waals surface area contributed by atoms with Crippen LogP contribution in [0.2, 0.25) is 0 Å². The van der Waals surface area contributed by atoms with Crippen LogP contribution >= 0.6 is 67.8 Å². The first kappa shape index (κ1) is 78.8. The molecule has 0 fully saturated rings. The molecule has 5 N–H and O–H groups in total. The predicted octanol–water partition coefficient (Wildman–Crippen LogP) is -10.5. The van der Waals surface area contributed by atoms with Crippen LogP contribution in [0.15, 0.2) is 0 Å². The van der Waals surface area contributed by atoms with Crippen LogP contribution in [-0.4, -0.2) is 181 Å². The number of carboxylic acid groups (broad SMARTS) is 3. The molecule has 0 atom stereocenters. The van der Waals surface area contributed by atoms with E-state index < -0.39 is 17.9 Å². The smallest absolute Gasteiger partial charge is 0.676 e. The standard InChI is InChI=1S/C17H37N5O5.C9H22N3O.C3H6O2.CH2I2.CH3I.3Na.Y/c1-15(2)22(7-5-18-13-20(3)11-16(23)24)8-6-19-14-21(9-10-27-4)12-17(25)26;1-9(2)12(6-3-10)7-4-11-5-8-13;1-2-3(4)5;2-1-3;1-2;;;;/h15,18-19H,5-14H2,1-4H3,(H,23,24)(H,25,26);9-11,13H,3-8H2,1-2H3;2H2,1H3,(H,4,5);1H2;1H3;;;;/q;-1;;;;3*+1;/p-3. The average Bonchev–Trinajstić information content (AvgIpc) is 3.05. The van der Waals surface area contributed by atoms with Gasteiger partial charge in [-0.1, -0.05) is 74.7 Å².